The van der Waals surface area contributed by atoms with Gasteiger partial charge in [0.1, 0.15) is 6.54 Å². The fourth-order valence-corrected chi connectivity index (χ4v) is 1.83. The van der Waals surface area contributed by atoms with E-state index in [1.807, 2.05) is 0 Å². The number of hydrogen-bond donors (Lipinski definition) is 0. The van der Waals surface area contributed by atoms with Gasteiger partial charge in [0.2, 0.25) is 5.91 Å². The highest BCUT2D eigenvalue weighted by molar-refractivity contribution is 6.31. The Balaban J connectivity index is 2.29. The van der Waals surface area contributed by atoms with Crippen LogP contribution < -0.4 is 9.64 Å². The molecule has 5 nitrogen and oxygen atoms in total. The normalized spacial score (nSPS) is 13.9. The van der Waals surface area contributed by atoms with E-state index in [9.17, 15) is 9.59 Å². The Bertz CT molecular complexity index is 502. The second-order valence-electron chi connectivity index (χ2n) is 4.23. The second-order valence-corrected chi connectivity index (χ2v) is 4.67. The molecule has 0 atom stereocenters. The van der Waals surface area contributed by atoms with Crippen molar-refractivity contribution in [2.24, 2.45) is 0 Å². The molecular weight excluding hydrogens is 256 g/mol. The van der Waals surface area contributed by atoms with E-state index in [1.165, 1.54) is 4.90 Å². The van der Waals surface area contributed by atoms with E-state index >= 15 is 0 Å². The number of fused-ring (bicyclic) bond motifs is 1. The molecule has 1 aromatic rings. The standard InChI is InChI=1S/C12H13ClN2O3/c1-14(2)11(16)6-15-7-12(17)18-10-4-3-8(13)5-9(10)15/h3-5H,6-7H2,1-2H3. The lowest BCUT2D eigenvalue weighted by atomic mass is 10.2. The molecule has 0 aromatic heterocycles. The summed E-state index contributed by atoms with van der Waals surface area (Å²) >= 11 is 5.91. The lowest BCUT2D eigenvalue weighted by molar-refractivity contribution is -0.133. The summed E-state index contributed by atoms with van der Waals surface area (Å²) in [6.07, 6.45) is 0. The number of halogens is 1. The predicted octanol–water partition coefficient (Wildman–Crippen LogP) is 1.15. The van der Waals surface area contributed by atoms with Crippen LogP contribution in [0, 0.1) is 0 Å². The molecule has 1 aromatic carbocycles. The van der Waals surface area contributed by atoms with Crippen LogP contribution in [0.4, 0.5) is 5.69 Å². The molecule has 0 spiro atoms. The van der Waals surface area contributed by atoms with Crippen molar-refractivity contribution in [2.75, 3.05) is 32.1 Å². The van der Waals surface area contributed by atoms with Crippen LogP contribution in [0.5, 0.6) is 5.75 Å². The van der Waals surface area contributed by atoms with Crippen molar-refractivity contribution in [2.45, 2.75) is 0 Å². The SMILES string of the molecule is CN(C)C(=O)CN1CC(=O)Oc2ccc(Cl)cc21. The van der Waals surface area contributed by atoms with Gasteiger partial charge in [0.05, 0.1) is 12.2 Å². The first kappa shape index (κ1) is 12.7. The lowest BCUT2D eigenvalue weighted by Gasteiger charge is -2.30. The maximum Gasteiger partial charge on any atom is 0.331 e. The maximum atomic E-state index is 11.7. The molecule has 0 unspecified atom stereocenters. The molecule has 0 N–H and O–H groups in total. The maximum absolute atomic E-state index is 11.7. The number of carbonyl (C=O) groups excluding carboxylic acids is 2. The summed E-state index contributed by atoms with van der Waals surface area (Å²) < 4.78 is 5.09. The molecule has 1 aliphatic heterocycles. The smallest absolute Gasteiger partial charge is 0.331 e. The molecule has 1 heterocycles. The fourth-order valence-electron chi connectivity index (χ4n) is 1.67. The summed E-state index contributed by atoms with van der Waals surface area (Å²) in [5.41, 5.74) is 0.664. The van der Waals surface area contributed by atoms with Gasteiger partial charge in [-0.25, -0.2) is 4.79 Å². The number of hydrogen-bond acceptors (Lipinski definition) is 4. The highest BCUT2D eigenvalue weighted by Gasteiger charge is 2.26. The van der Waals surface area contributed by atoms with E-state index in [1.54, 1.807) is 37.2 Å². The number of likely N-dealkylation sites (N-methyl/N-ethyl adjacent to an activating group) is 1. The predicted molar refractivity (Wildman–Crippen MR) is 68.0 cm³/mol. The summed E-state index contributed by atoms with van der Waals surface area (Å²) in [6.45, 7) is 0.169. The molecule has 1 amide bonds. The summed E-state index contributed by atoms with van der Waals surface area (Å²) in [4.78, 5) is 26.3. The van der Waals surface area contributed by atoms with E-state index < -0.39 is 0 Å². The van der Waals surface area contributed by atoms with Crippen molar-refractivity contribution >= 4 is 29.2 Å². The Kier molecular flexibility index (Phi) is 3.43. The average Bonchev–Trinajstić information content (AvgIpc) is 2.29. The van der Waals surface area contributed by atoms with Gasteiger partial charge in [-0.05, 0) is 18.2 Å². The zero-order chi connectivity index (χ0) is 13.3. The first-order valence-electron chi connectivity index (χ1n) is 5.42. The molecule has 0 saturated heterocycles. The van der Waals surface area contributed by atoms with Crippen LogP contribution in [0.2, 0.25) is 5.02 Å². The summed E-state index contributed by atoms with van der Waals surface area (Å²) in [5, 5.41) is 0.536. The van der Waals surface area contributed by atoms with Crippen molar-refractivity contribution < 1.29 is 14.3 Å². The monoisotopic (exact) mass is 268 g/mol. The van der Waals surface area contributed by atoms with Crippen LogP contribution in [0.25, 0.3) is 0 Å². The van der Waals surface area contributed by atoms with Crippen molar-refractivity contribution in [1.29, 1.82) is 0 Å². The Morgan fingerprint density at radius 3 is 2.89 bits per heavy atom. The van der Waals surface area contributed by atoms with Gasteiger partial charge < -0.3 is 14.5 Å². The van der Waals surface area contributed by atoms with Gasteiger partial charge in [0.15, 0.2) is 5.75 Å². The molecule has 0 aliphatic carbocycles. The molecule has 0 fully saturated rings. The zero-order valence-electron chi connectivity index (χ0n) is 10.1. The first-order chi connectivity index (χ1) is 8.47. The lowest BCUT2D eigenvalue weighted by Crippen LogP contribution is -2.43. The van der Waals surface area contributed by atoms with Crippen molar-refractivity contribution in [3.8, 4) is 5.75 Å². The van der Waals surface area contributed by atoms with Gasteiger partial charge in [-0.15, -0.1) is 0 Å². The quantitative estimate of drug-likeness (QED) is 0.596. The number of nitrogens with zero attached hydrogens (tertiary/aromatic N) is 2. The molecule has 2 rings (SSSR count). The molecule has 0 radical (unpaired) electrons. The minimum absolute atomic E-state index is 0.0485. The van der Waals surface area contributed by atoms with E-state index in [0.29, 0.717) is 16.5 Å². The Morgan fingerprint density at radius 1 is 1.50 bits per heavy atom. The molecular formula is C12H13ClN2O3. The van der Waals surface area contributed by atoms with Crippen LogP contribution in [0.15, 0.2) is 18.2 Å². The largest absolute Gasteiger partial charge is 0.423 e. The van der Waals surface area contributed by atoms with E-state index in [2.05, 4.69) is 0 Å². The summed E-state index contributed by atoms with van der Waals surface area (Å²) in [7, 11) is 3.34. The zero-order valence-corrected chi connectivity index (χ0v) is 10.9. The van der Waals surface area contributed by atoms with E-state index in [0.717, 1.165) is 0 Å². The van der Waals surface area contributed by atoms with Crippen LogP contribution in [-0.2, 0) is 9.59 Å². The minimum atomic E-state index is -0.378. The Labute approximate surface area is 110 Å². The third kappa shape index (κ3) is 2.56. The van der Waals surface area contributed by atoms with Gasteiger partial charge in [-0.3, -0.25) is 4.79 Å². The highest BCUT2D eigenvalue weighted by atomic mass is 35.5. The average molecular weight is 269 g/mol. The number of amides is 1. The Hall–Kier alpha value is -1.75. The minimum Gasteiger partial charge on any atom is -0.423 e. The summed E-state index contributed by atoms with van der Waals surface area (Å²) in [6, 6.07) is 4.96. The van der Waals surface area contributed by atoms with Gasteiger partial charge in [-0.2, -0.15) is 0 Å². The van der Waals surface area contributed by atoms with Gasteiger partial charge >= 0.3 is 5.97 Å². The third-order valence-electron chi connectivity index (χ3n) is 2.63. The van der Waals surface area contributed by atoms with Crippen molar-refractivity contribution in [3.05, 3.63) is 23.2 Å². The summed E-state index contributed by atoms with van der Waals surface area (Å²) in [5.74, 6) is -0.0331. The number of benzene rings is 1. The number of esters is 1. The molecule has 96 valence electrons. The second kappa shape index (κ2) is 4.86. The number of rotatable bonds is 2. The molecule has 0 saturated carbocycles. The van der Waals surface area contributed by atoms with Crippen LogP contribution >= 0.6 is 11.6 Å². The molecule has 18 heavy (non-hydrogen) atoms. The van der Waals surface area contributed by atoms with E-state index in [-0.39, 0.29) is 25.0 Å². The Morgan fingerprint density at radius 2 is 2.22 bits per heavy atom. The number of anilines is 1. The fraction of sp³-hybridized carbons (Fsp3) is 0.333. The van der Waals surface area contributed by atoms with Gasteiger partial charge in [0.25, 0.3) is 0 Å². The number of ether oxygens (including phenoxy) is 1. The first-order valence-corrected chi connectivity index (χ1v) is 5.80. The molecule has 1 aliphatic rings. The van der Waals surface area contributed by atoms with E-state index in [4.69, 9.17) is 16.3 Å². The topological polar surface area (TPSA) is 49.9 Å². The van der Waals surface area contributed by atoms with Gasteiger partial charge in [0, 0.05) is 19.1 Å². The third-order valence-corrected chi connectivity index (χ3v) is 2.87. The highest BCUT2D eigenvalue weighted by Crippen LogP contribution is 2.34. The molecule has 0 bridgehead atoms. The van der Waals surface area contributed by atoms with Crippen LogP contribution in [0.1, 0.15) is 0 Å². The van der Waals surface area contributed by atoms with Crippen LogP contribution in [0.3, 0.4) is 0 Å². The van der Waals surface area contributed by atoms with Gasteiger partial charge in [-0.1, -0.05) is 11.6 Å². The van der Waals surface area contributed by atoms with Crippen LogP contribution in [-0.4, -0.2) is 44.0 Å². The van der Waals surface area contributed by atoms with Crippen molar-refractivity contribution in [3.63, 3.8) is 0 Å². The number of carbonyl (C=O) groups is 2. The molecule has 6 heteroatoms. The van der Waals surface area contributed by atoms with Crippen molar-refractivity contribution in [1.82, 2.24) is 4.90 Å².